The number of aromatic nitrogens is 2. The van der Waals surface area contributed by atoms with Gasteiger partial charge < -0.3 is 9.64 Å². The number of carbonyl (C=O) groups is 1. The van der Waals surface area contributed by atoms with Crippen LogP contribution in [0.3, 0.4) is 0 Å². The van der Waals surface area contributed by atoms with Crippen molar-refractivity contribution < 1.29 is 13.9 Å². The number of hydrogen-bond donors (Lipinski definition) is 0. The molecule has 0 atom stereocenters. The van der Waals surface area contributed by atoms with Crippen LogP contribution in [0.4, 0.5) is 9.18 Å². The minimum absolute atomic E-state index is 0.161. The van der Waals surface area contributed by atoms with Gasteiger partial charge in [0.1, 0.15) is 11.1 Å². The molecule has 24 heavy (non-hydrogen) atoms. The molecule has 0 spiro atoms. The second-order valence-corrected chi connectivity index (χ2v) is 8.05. The van der Waals surface area contributed by atoms with Crippen molar-refractivity contribution in [3.05, 3.63) is 28.6 Å². The van der Waals surface area contributed by atoms with Crippen LogP contribution in [0.2, 0.25) is 0 Å². The smallest absolute Gasteiger partial charge is 0.410 e. The number of halogens is 2. The van der Waals surface area contributed by atoms with Crippen molar-refractivity contribution in [2.75, 3.05) is 13.1 Å². The minimum Gasteiger partial charge on any atom is -0.444 e. The highest BCUT2D eigenvalue weighted by Crippen LogP contribution is 2.27. The largest absolute Gasteiger partial charge is 0.444 e. The van der Waals surface area contributed by atoms with E-state index in [2.05, 4.69) is 21.0 Å². The predicted molar refractivity (Wildman–Crippen MR) is 93.5 cm³/mol. The molecule has 1 aromatic heterocycles. The van der Waals surface area contributed by atoms with Gasteiger partial charge >= 0.3 is 6.09 Å². The van der Waals surface area contributed by atoms with E-state index < -0.39 is 5.60 Å². The molecule has 3 rings (SSSR count). The molecular formula is C17H21BrFN3O2. The fraction of sp³-hybridized carbons (Fsp3) is 0.529. The molecule has 0 aliphatic carbocycles. The molecule has 1 aromatic carbocycles. The first kappa shape index (κ1) is 17.2. The maximum Gasteiger partial charge on any atom is 0.410 e. The van der Waals surface area contributed by atoms with E-state index in [1.807, 2.05) is 37.7 Å². The Hall–Kier alpha value is -1.63. The van der Waals surface area contributed by atoms with Crippen LogP contribution < -0.4 is 0 Å². The first-order chi connectivity index (χ1) is 11.2. The molecule has 0 radical (unpaired) electrons. The number of amides is 1. The van der Waals surface area contributed by atoms with Gasteiger partial charge in [0.15, 0.2) is 5.82 Å². The van der Waals surface area contributed by atoms with E-state index in [1.54, 1.807) is 4.90 Å². The number of piperidine rings is 1. The zero-order valence-electron chi connectivity index (χ0n) is 14.1. The molecule has 1 aliphatic heterocycles. The molecule has 1 saturated heterocycles. The molecule has 2 aromatic rings. The summed E-state index contributed by atoms with van der Waals surface area (Å²) in [7, 11) is 0. The summed E-state index contributed by atoms with van der Waals surface area (Å²) in [6.45, 7) is 6.81. The fourth-order valence-electron chi connectivity index (χ4n) is 2.90. The molecule has 2 heterocycles. The Bertz CT molecular complexity index is 761. The molecule has 5 nitrogen and oxygen atoms in total. The van der Waals surface area contributed by atoms with E-state index in [9.17, 15) is 9.18 Å². The van der Waals surface area contributed by atoms with Gasteiger partial charge in [0, 0.05) is 29.1 Å². The first-order valence-corrected chi connectivity index (χ1v) is 8.84. The quantitative estimate of drug-likeness (QED) is 0.710. The summed E-state index contributed by atoms with van der Waals surface area (Å²) in [5.41, 5.74) is -0.105. The predicted octanol–water partition coefficient (Wildman–Crippen LogP) is 4.51. The van der Waals surface area contributed by atoms with Gasteiger partial charge in [-0.3, -0.25) is 4.68 Å². The Morgan fingerprint density at radius 3 is 2.62 bits per heavy atom. The summed E-state index contributed by atoms with van der Waals surface area (Å²) in [5, 5.41) is 5.17. The second kappa shape index (κ2) is 6.35. The summed E-state index contributed by atoms with van der Waals surface area (Å²) in [6, 6.07) is 3.44. The molecule has 7 heteroatoms. The summed E-state index contributed by atoms with van der Waals surface area (Å²) in [4.78, 5) is 13.8. The van der Waals surface area contributed by atoms with Crippen molar-refractivity contribution >= 4 is 32.9 Å². The van der Waals surface area contributed by atoms with Crippen LogP contribution in [0.1, 0.15) is 39.7 Å². The SMILES string of the molecule is CC(C)(C)OC(=O)N1CCC(n2cc3cc(Br)cc(F)c3n2)CC1. The minimum atomic E-state index is -0.488. The summed E-state index contributed by atoms with van der Waals surface area (Å²) in [6.07, 6.45) is 3.14. The van der Waals surface area contributed by atoms with Crippen LogP contribution in [0.25, 0.3) is 10.9 Å². The number of carbonyl (C=O) groups excluding carboxylic acids is 1. The van der Waals surface area contributed by atoms with Crippen molar-refractivity contribution in [1.82, 2.24) is 14.7 Å². The molecule has 0 N–H and O–H groups in total. The average Bonchev–Trinajstić information content (AvgIpc) is 2.90. The Labute approximate surface area is 148 Å². The number of ether oxygens (including phenoxy) is 1. The van der Waals surface area contributed by atoms with E-state index in [0.29, 0.717) is 23.1 Å². The fourth-order valence-corrected chi connectivity index (χ4v) is 3.35. The maximum atomic E-state index is 14.0. The Morgan fingerprint density at radius 2 is 2.00 bits per heavy atom. The van der Waals surface area contributed by atoms with Crippen molar-refractivity contribution in [1.29, 1.82) is 0 Å². The lowest BCUT2D eigenvalue weighted by Gasteiger charge is -2.33. The van der Waals surface area contributed by atoms with Gasteiger partial charge in [0.25, 0.3) is 0 Å². The molecule has 130 valence electrons. The van der Waals surface area contributed by atoms with Crippen LogP contribution in [-0.4, -0.2) is 39.5 Å². The van der Waals surface area contributed by atoms with Crippen molar-refractivity contribution in [3.8, 4) is 0 Å². The Morgan fingerprint density at radius 1 is 1.33 bits per heavy atom. The maximum absolute atomic E-state index is 14.0. The lowest BCUT2D eigenvalue weighted by Crippen LogP contribution is -2.42. The van der Waals surface area contributed by atoms with Gasteiger partial charge in [-0.1, -0.05) is 15.9 Å². The number of hydrogen-bond acceptors (Lipinski definition) is 3. The molecule has 1 aliphatic rings. The first-order valence-electron chi connectivity index (χ1n) is 8.05. The summed E-state index contributed by atoms with van der Waals surface area (Å²) >= 11 is 3.30. The molecular weight excluding hydrogens is 377 g/mol. The van der Waals surface area contributed by atoms with Gasteiger partial charge in [-0.2, -0.15) is 5.10 Å². The third-order valence-corrected chi connectivity index (χ3v) is 4.49. The Kier molecular flexibility index (Phi) is 4.55. The van der Waals surface area contributed by atoms with Crippen LogP contribution in [-0.2, 0) is 4.74 Å². The number of fused-ring (bicyclic) bond motifs is 1. The average molecular weight is 398 g/mol. The van der Waals surface area contributed by atoms with Gasteiger partial charge in [-0.05, 0) is 45.7 Å². The van der Waals surface area contributed by atoms with Gasteiger partial charge in [-0.25, -0.2) is 9.18 Å². The highest BCUT2D eigenvalue weighted by molar-refractivity contribution is 9.10. The monoisotopic (exact) mass is 397 g/mol. The zero-order valence-corrected chi connectivity index (χ0v) is 15.6. The normalized spacial score (nSPS) is 16.6. The van der Waals surface area contributed by atoms with Gasteiger partial charge in [0.2, 0.25) is 0 Å². The molecule has 1 fully saturated rings. The molecule has 0 unspecified atom stereocenters. The van der Waals surface area contributed by atoms with E-state index >= 15 is 0 Å². The summed E-state index contributed by atoms with van der Waals surface area (Å²) in [5.74, 6) is -0.329. The third-order valence-electron chi connectivity index (χ3n) is 4.03. The number of likely N-dealkylation sites (tertiary alicyclic amines) is 1. The summed E-state index contributed by atoms with van der Waals surface area (Å²) < 4.78 is 21.9. The van der Waals surface area contributed by atoms with Gasteiger partial charge in [-0.15, -0.1) is 0 Å². The highest BCUT2D eigenvalue weighted by atomic mass is 79.9. The zero-order chi connectivity index (χ0) is 17.5. The lowest BCUT2D eigenvalue weighted by molar-refractivity contribution is 0.0185. The Balaban J connectivity index is 1.69. The molecule has 1 amide bonds. The van der Waals surface area contributed by atoms with Crippen LogP contribution >= 0.6 is 15.9 Å². The van der Waals surface area contributed by atoms with Crippen LogP contribution in [0.15, 0.2) is 22.8 Å². The van der Waals surface area contributed by atoms with Crippen LogP contribution in [0, 0.1) is 5.82 Å². The van der Waals surface area contributed by atoms with Crippen molar-refractivity contribution in [2.45, 2.75) is 45.3 Å². The van der Waals surface area contributed by atoms with E-state index in [1.165, 1.54) is 6.07 Å². The molecule has 0 bridgehead atoms. The standard InChI is InChI=1S/C17H21BrFN3O2/c1-17(2,3)24-16(23)21-6-4-13(5-7-21)22-10-11-8-12(18)9-14(19)15(11)20-22/h8-10,13H,4-7H2,1-3H3. The number of rotatable bonds is 1. The van der Waals surface area contributed by atoms with Gasteiger partial charge in [0.05, 0.1) is 6.04 Å². The van der Waals surface area contributed by atoms with Crippen molar-refractivity contribution in [2.24, 2.45) is 0 Å². The van der Waals surface area contributed by atoms with Crippen molar-refractivity contribution in [3.63, 3.8) is 0 Å². The lowest BCUT2D eigenvalue weighted by atomic mass is 10.1. The number of nitrogens with zero attached hydrogens (tertiary/aromatic N) is 3. The number of benzene rings is 1. The van der Waals surface area contributed by atoms with E-state index in [0.717, 1.165) is 18.2 Å². The highest BCUT2D eigenvalue weighted by Gasteiger charge is 2.28. The van der Waals surface area contributed by atoms with E-state index in [4.69, 9.17) is 4.74 Å². The molecule has 0 saturated carbocycles. The van der Waals surface area contributed by atoms with Crippen LogP contribution in [0.5, 0.6) is 0 Å². The van der Waals surface area contributed by atoms with E-state index in [-0.39, 0.29) is 18.0 Å². The third kappa shape index (κ3) is 3.71. The topological polar surface area (TPSA) is 47.4 Å². The second-order valence-electron chi connectivity index (χ2n) is 7.13.